The lowest BCUT2D eigenvalue weighted by Crippen LogP contribution is -2.40. The van der Waals surface area contributed by atoms with Gasteiger partial charge in [-0.2, -0.15) is 0 Å². The number of carbonyl (C=O) groups excluding carboxylic acids is 1. The van der Waals surface area contributed by atoms with Crippen molar-refractivity contribution in [2.45, 2.75) is 55.2 Å². The van der Waals surface area contributed by atoms with Crippen LogP contribution in [0.2, 0.25) is 0 Å². The van der Waals surface area contributed by atoms with Crippen molar-refractivity contribution < 1.29 is 9.53 Å². The summed E-state index contributed by atoms with van der Waals surface area (Å²) in [5, 5.41) is 2.99. The lowest BCUT2D eigenvalue weighted by atomic mass is 9.95. The van der Waals surface area contributed by atoms with Crippen molar-refractivity contribution in [3.63, 3.8) is 0 Å². The number of rotatable bonds is 5. The molecule has 2 rings (SSSR count). The van der Waals surface area contributed by atoms with Gasteiger partial charge in [0.15, 0.2) is 0 Å². The van der Waals surface area contributed by atoms with E-state index in [0.29, 0.717) is 11.7 Å². The van der Waals surface area contributed by atoms with E-state index in [4.69, 9.17) is 10.5 Å². The molecule has 1 aromatic rings. The van der Waals surface area contributed by atoms with Crippen molar-refractivity contribution in [2.75, 3.05) is 12.8 Å². The molecule has 1 aliphatic carbocycles. The van der Waals surface area contributed by atoms with Gasteiger partial charge in [-0.05, 0) is 38.0 Å². The van der Waals surface area contributed by atoms with Crippen molar-refractivity contribution in [1.82, 2.24) is 5.32 Å². The van der Waals surface area contributed by atoms with Crippen molar-refractivity contribution in [2.24, 2.45) is 0 Å². The van der Waals surface area contributed by atoms with Crippen molar-refractivity contribution in [3.8, 4) is 5.75 Å². The lowest BCUT2D eigenvalue weighted by molar-refractivity contribution is -0.121. The Kier molecular flexibility index (Phi) is 5.79. The Morgan fingerprint density at radius 1 is 1.38 bits per heavy atom. The van der Waals surface area contributed by atoms with Crippen molar-refractivity contribution in [3.05, 3.63) is 18.2 Å². The molecule has 1 saturated carbocycles. The van der Waals surface area contributed by atoms with E-state index in [1.54, 1.807) is 7.11 Å². The first-order chi connectivity index (χ1) is 10.1. The van der Waals surface area contributed by atoms with Gasteiger partial charge in [-0.3, -0.25) is 4.79 Å². The Morgan fingerprint density at radius 3 is 2.76 bits per heavy atom. The Bertz CT molecular complexity index is 487. The van der Waals surface area contributed by atoms with Crippen LogP contribution in [0.4, 0.5) is 5.69 Å². The van der Waals surface area contributed by atoms with E-state index in [1.807, 2.05) is 25.1 Å². The Morgan fingerprint density at radius 2 is 2.10 bits per heavy atom. The number of ether oxygens (including phenoxy) is 1. The normalized spacial score (nSPS) is 17.2. The fourth-order valence-electron chi connectivity index (χ4n) is 2.55. The molecule has 1 unspecified atom stereocenters. The minimum atomic E-state index is -0.165. The summed E-state index contributed by atoms with van der Waals surface area (Å²) in [5.74, 6) is 0.848. The summed E-state index contributed by atoms with van der Waals surface area (Å²) in [4.78, 5) is 13.2. The zero-order valence-electron chi connectivity index (χ0n) is 12.7. The van der Waals surface area contributed by atoms with Gasteiger partial charge >= 0.3 is 0 Å². The molecule has 1 atom stereocenters. The summed E-state index contributed by atoms with van der Waals surface area (Å²) < 4.78 is 5.20. The number of anilines is 1. The van der Waals surface area contributed by atoms with Gasteiger partial charge in [-0.25, -0.2) is 0 Å². The standard InChI is InChI=1S/C16H24N2O2S/c1-11(16(19)18-12-6-4-3-5-7-12)21-15-10-13(20-2)8-9-14(15)17/h8-12H,3-7,17H2,1-2H3,(H,18,19). The number of nitrogens with two attached hydrogens (primary N) is 1. The smallest absolute Gasteiger partial charge is 0.233 e. The predicted octanol–water partition coefficient (Wildman–Crippen LogP) is 3.21. The highest BCUT2D eigenvalue weighted by Gasteiger charge is 2.21. The third-order valence-electron chi connectivity index (χ3n) is 3.85. The summed E-state index contributed by atoms with van der Waals surface area (Å²) >= 11 is 1.48. The highest BCUT2D eigenvalue weighted by Crippen LogP contribution is 2.32. The van der Waals surface area contributed by atoms with Gasteiger partial charge in [0.05, 0.1) is 12.4 Å². The molecule has 1 aliphatic rings. The van der Waals surface area contributed by atoms with Crippen molar-refractivity contribution in [1.29, 1.82) is 0 Å². The van der Waals surface area contributed by atoms with Crippen LogP contribution >= 0.6 is 11.8 Å². The fraction of sp³-hybridized carbons (Fsp3) is 0.562. The van der Waals surface area contributed by atoms with Crippen LogP contribution in [0.5, 0.6) is 5.75 Å². The summed E-state index contributed by atoms with van der Waals surface area (Å²) in [6.45, 7) is 1.92. The average molecular weight is 308 g/mol. The van der Waals surface area contributed by atoms with E-state index in [2.05, 4.69) is 5.32 Å². The number of thioether (sulfide) groups is 1. The van der Waals surface area contributed by atoms with Gasteiger partial charge in [0, 0.05) is 16.6 Å². The Hall–Kier alpha value is -1.36. The van der Waals surface area contributed by atoms with Gasteiger partial charge in [-0.15, -0.1) is 11.8 Å². The SMILES string of the molecule is COc1ccc(N)c(SC(C)C(=O)NC2CCCCC2)c1. The third-order valence-corrected chi connectivity index (χ3v) is 5.02. The first-order valence-corrected chi connectivity index (χ1v) is 8.38. The van der Waals surface area contributed by atoms with Crippen LogP contribution in [0, 0.1) is 0 Å². The lowest BCUT2D eigenvalue weighted by Gasteiger charge is -2.24. The second-order valence-electron chi connectivity index (χ2n) is 5.51. The monoisotopic (exact) mass is 308 g/mol. The van der Waals surface area contributed by atoms with E-state index >= 15 is 0 Å². The molecule has 0 aliphatic heterocycles. The van der Waals surface area contributed by atoms with Crippen LogP contribution in [0.15, 0.2) is 23.1 Å². The van der Waals surface area contributed by atoms with E-state index in [-0.39, 0.29) is 11.2 Å². The fourth-order valence-corrected chi connectivity index (χ4v) is 3.50. The summed E-state index contributed by atoms with van der Waals surface area (Å²) in [6, 6.07) is 5.86. The van der Waals surface area contributed by atoms with Gasteiger partial charge in [-0.1, -0.05) is 19.3 Å². The molecule has 1 amide bonds. The van der Waals surface area contributed by atoms with Crippen LogP contribution in [0.25, 0.3) is 0 Å². The molecule has 5 heteroatoms. The molecular formula is C16H24N2O2S. The van der Waals surface area contributed by atoms with Gasteiger partial charge in [0.1, 0.15) is 5.75 Å². The van der Waals surface area contributed by atoms with Crippen LogP contribution in [0.1, 0.15) is 39.0 Å². The molecule has 3 N–H and O–H groups in total. The second-order valence-corrected chi connectivity index (χ2v) is 6.89. The van der Waals surface area contributed by atoms with E-state index in [1.165, 1.54) is 31.0 Å². The highest BCUT2D eigenvalue weighted by atomic mass is 32.2. The second kappa shape index (κ2) is 7.59. The maximum Gasteiger partial charge on any atom is 0.233 e. The zero-order valence-corrected chi connectivity index (χ0v) is 13.5. The summed E-state index contributed by atoms with van der Waals surface area (Å²) in [5.41, 5.74) is 6.65. The molecule has 4 nitrogen and oxygen atoms in total. The number of nitrogen functional groups attached to an aromatic ring is 1. The van der Waals surface area contributed by atoms with E-state index in [9.17, 15) is 4.79 Å². The first-order valence-electron chi connectivity index (χ1n) is 7.50. The number of amides is 1. The van der Waals surface area contributed by atoms with Gasteiger partial charge in [0.2, 0.25) is 5.91 Å². The molecule has 0 spiro atoms. The number of nitrogens with one attached hydrogen (secondary N) is 1. The quantitative estimate of drug-likeness (QED) is 0.647. The molecule has 116 valence electrons. The first kappa shape index (κ1) is 16.0. The zero-order chi connectivity index (χ0) is 15.2. The molecule has 0 bridgehead atoms. The average Bonchev–Trinajstić information content (AvgIpc) is 2.50. The van der Waals surface area contributed by atoms with Crippen LogP contribution in [-0.2, 0) is 4.79 Å². The minimum absolute atomic E-state index is 0.0918. The topological polar surface area (TPSA) is 64.3 Å². The van der Waals surface area contributed by atoms with E-state index < -0.39 is 0 Å². The maximum atomic E-state index is 12.3. The molecule has 0 aromatic heterocycles. The van der Waals surface area contributed by atoms with E-state index in [0.717, 1.165) is 23.5 Å². The van der Waals surface area contributed by atoms with Crippen LogP contribution < -0.4 is 15.8 Å². The number of methoxy groups -OCH3 is 1. The Labute approximate surface area is 130 Å². The largest absolute Gasteiger partial charge is 0.497 e. The molecular weight excluding hydrogens is 284 g/mol. The third kappa shape index (κ3) is 4.56. The molecule has 0 heterocycles. The maximum absolute atomic E-state index is 12.3. The number of carbonyl (C=O) groups is 1. The van der Waals surface area contributed by atoms with Crippen LogP contribution in [-0.4, -0.2) is 24.3 Å². The molecule has 0 saturated heterocycles. The minimum Gasteiger partial charge on any atom is -0.497 e. The van der Waals surface area contributed by atoms with Crippen molar-refractivity contribution >= 4 is 23.4 Å². The summed E-state index contributed by atoms with van der Waals surface area (Å²) in [7, 11) is 1.62. The predicted molar refractivity (Wildman–Crippen MR) is 87.7 cm³/mol. The number of benzene rings is 1. The van der Waals surface area contributed by atoms with Gasteiger partial charge < -0.3 is 15.8 Å². The van der Waals surface area contributed by atoms with Gasteiger partial charge in [0.25, 0.3) is 0 Å². The molecule has 1 fully saturated rings. The van der Waals surface area contributed by atoms with Crippen LogP contribution in [0.3, 0.4) is 0 Å². The highest BCUT2D eigenvalue weighted by molar-refractivity contribution is 8.00. The Balaban J connectivity index is 1.93. The molecule has 21 heavy (non-hydrogen) atoms. The molecule has 0 radical (unpaired) electrons. The number of hydrogen-bond acceptors (Lipinski definition) is 4. The number of hydrogen-bond donors (Lipinski definition) is 2. The molecule has 1 aromatic carbocycles. The summed E-state index contributed by atoms with van der Waals surface area (Å²) in [6.07, 6.45) is 5.93.